The number of ether oxygens (including phenoxy) is 1. The Morgan fingerprint density at radius 1 is 1.29 bits per heavy atom. The summed E-state index contributed by atoms with van der Waals surface area (Å²) in [6.45, 7) is 2.94. The van der Waals surface area contributed by atoms with Crippen LogP contribution in [0.5, 0.6) is 0 Å². The van der Waals surface area contributed by atoms with Crippen molar-refractivity contribution in [3.8, 4) is 0 Å². The molecule has 4 nitrogen and oxygen atoms in total. The summed E-state index contributed by atoms with van der Waals surface area (Å²) < 4.78 is 6.51. The molecule has 6 heteroatoms. The monoisotopic (exact) mass is 416 g/mol. The van der Waals surface area contributed by atoms with Gasteiger partial charge in [-0.25, -0.2) is 0 Å². The Morgan fingerprint density at radius 3 is 2.62 bits per heavy atom. The Labute approximate surface area is 158 Å². The minimum absolute atomic E-state index is 0. The van der Waals surface area contributed by atoms with Crippen LogP contribution >= 0.6 is 28.3 Å². The largest absolute Gasteiger partial charge is 0.378 e. The van der Waals surface area contributed by atoms with Gasteiger partial charge in [0.05, 0.1) is 13.2 Å². The minimum Gasteiger partial charge on any atom is -0.378 e. The molecule has 1 aromatic rings. The highest BCUT2D eigenvalue weighted by Crippen LogP contribution is 2.40. The number of benzene rings is 1. The number of hydrogen-bond acceptors (Lipinski definition) is 3. The van der Waals surface area contributed by atoms with Gasteiger partial charge in [-0.05, 0) is 30.5 Å². The molecule has 0 bridgehead atoms. The van der Waals surface area contributed by atoms with E-state index >= 15 is 0 Å². The predicted molar refractivity (Wildman–Crippen MR) is 102 cm³/mol. The quantitative estimate of drug-likeness (QED) is 0.773. The fourth-order valence-corrected chi connectivity index (χ4v) is 4.00. The maximum absolute atomic E-state index is 12.3. The molecule has 134 valence electrons. The molecule has 2 N–H and O–H groups in total. The van der Waals surface area contributed by atoms with Crippen molar-refractivity contribution in [2.75, 3.05) is 26.3 Å². The number of halogens is 2. The van der Waals surface area contributed by atoms with Crippen molar-refractivity contribution in [1.29, 1.82) is 0 Å². The third-order valence-electron chi connectivity index (χ3n) is 5.07. The van der Waals surface area contributed by atoms with Crippen LogP contribution in [-0.4, -0.2) is 38.3 Å². The topological polar surface area (TPSA) is 50.4 Å². The van der Waals surface area contributed by atoms with Crippen LogP contribution in [0.1, 0.15) is 37.7 Å². The fraction of sp³-hybridized carbons (Fsp3) is 0.611. The van der Waals surface area contributed by atoms with Gasteiger partial charge >= 0.3 is 0 Å². The molecule has 1 unspecified atom stereocenters. The van der Waals surface area contributed by atoms with E-state index in [2.05, 4.69) is 50.8 Å². The van der Waals surface area contributed by atoms with Crippen LogP contribution in [0.4, 0.5) is 0 Å². The first-order chi connectivity index (χ1) is 11.2. The summed E-state index contributed by atoms with van der Waals surface area (Å²) in [7, 11) is 0. The Hall–Kier alpha value is -0.620. The third kappa shape index (κ3) is 4.94. The fourth-order valence-electron chi connectivity index (χ4n) is 3.74. The summed E-state index contributed by atoms with van der Waals surface area (Å²) in [5.41, 5.74) is 1.45. The van der Waals surface area contributed by atoms with E-state index in [1.165, 1.54) is 18.4 Å². The number of nitrogens with one attached hydrogen (secondary N) is 2. The smallest absolute Gasteiger partial charge is 0.221 e. The molecule has 1 aliphatic heterocycles. The molecule has 1 aliphatic carbocycles. The average Bonchev–Trinajstić information content (AvgIpc) is 3.05. The first kappa shape index (κ1) is 19.7. The summed E-state index contributed by atoms with van der Waals surface area (Å²) in [6, 6.07) is 8.73. The van der Waals surface area contributed by atoms with E-state index in [-0.39, 0.29) is 29.8 Å². The third-order valence-corrected chi connectivity index (χ3v) is 5.60. The highest BCUT2D eigenvalue weighted by molar-refractivity contribution is 9.10. The minimum atomic E-state index is 0. The second kappa shape index (κ2) is 9.18. The van der Waals surface area contributed by atoms with Crippen molar-refractivity contribution < 1.29 is 9.53 Å². The Morgan fingerprint density at radius 2 is 2.00 bits per heavy atom. The van der Waals surface area contributed by atoms with Crippen LogP contribution in [0.25, 0.3) is 0 Å². The first-order valence-electron chi connectivity index (χ1n) is 8.52. The molecule has 2 fully saturated rings. The number of carbonyl (C=O) groups excluding carboxylic acids is 1. The predicted octanol–water partition coefficient (Wildman–Crippen LogP) is 3.18. The molecule has 1 saturated heterocycles. The number of rotatable bonds is 5. The average molecular weight is 418 g/mol. The van der Waals surface area contributed by atoms with E-state index < -0.39 is 0 Å². The van der Waals surface area contributed by atoms with Crippen molar-refractivity contribution in [2.24, 2.45) is 0 Å². The Kier molecular flexibility index (Phi) is 7.54. The lowest BCUT2D eigenvalue weighted by Gasteiger charge is -2.31. The molecule has 0 aromatic heterocycles. The molecule has 1 amide bonds. The van der Waals surface area contributed by atoms with Crippen molar-refractivity contribution in [3.63, 3.8) is 0 Å². The molecule has 1 aromatic carbocycles. The van der Waals surface area contributed by atoms with Crippen LogP contribution in [-0.2, 0) is 14.9 Å². The lowest BCUT2D eigenvalue weighted by molar-refractivity contribution is -0.122. The van der Waals surface area contributed by atoms with Crippen LogP contribution in [0.2, 0.25) is 0 Å². The van der Waals surface area contributed by atoms with Crippen molar-refractivity contribution in [2.45, 2.75) is 43.6 Å². The Balaban J connectivity index is 0.00000208. The summed E-state index contributed by atoms with van der Waals surface area (Å²) in [4.78, 5) is 12.3. The van der Waals surface area contributed by atoms with Gasteiger partial charge in [0, 0.05) is 35.4 Å². The number of hydrogen-bond donors (Lipinski definition) is 2. The zero-order valence-electron chi connectivity index (χ0n) is 13.9. The van der Waals surface area contributed by atoms with Gasteiger partial charge in [0.2, 0.25) is 5.91 Å². The van der Waals surface area contributed by atoms with Gasteiger partial charge in [0.1, 0.15) is 0 Å². The Bertz CT molecular complexity index is 526. The number of amides is 1. The maximum atomic E-state index is 12.3. The van der Waals surface area contributed by atoms with Gasteiger partial charge in [0.15, 0.2) is 0 Å². The zero-order chi connectivity index (χ0) is 16.1. The molecule has 3 rings (SSSR count). The first-order valence-corrected chi connectivity index (χ1v) is 9.31. The zero-order valence-corrected chi connectivity index (χ0v) is 16.3. The summed E-state index contributed by atoms with van der Waals surface area (Å²) >= 11 is 3.50. The lowest BCUT2D eigenvalue weighted by Crippen LogP contribution is -2.46. The molecule has 0 radical (unpaired) electrons. The molecular weight excluding hydrogens is 392 g/mol. The van der Waals surface area contributed by atoms with E-state index in [0.29, 0.717) is 13.0 Å². The lowest BCUT2D eigenvalue weighted by atomic mass is 9.79. The van der Waals surface area contributed by atoms with Gasteiger partial charge < -0.3 is 15.4 Å². The van der Waals surface area contributed by atoms with E-state index in [0.717, 1.165) is 37.0 Å². The van der Waals surface area contributed by atoms with Gasteiger partial charge in [-0.1, -0.05) is 40.9 Å². The van der Waals surface area contributed by atoms with Gasteiger partial charge in [0.25, 0.3) is 0 Å². The molecule has 1 saturated carbocycles. The van der Waals surface area contributed by atoms with Crippen molar-refractivity contribution in [3.05, 3.63) is 34.3 Å². The molecular formula is C18H26BrClN2O2. The SMILES string of the molecule is Cl.O=C(CC1COCCN1)NCC1(c2ccc(Br)cc2)CCCC1. The van der Waals surface area contributed by atoms with E-state index in [1.54, 1.807) is 0 Å². The van der Waals surface area contributed by atoms with Crippen LogP contribution < -0.4 is 10.6 Å². The summed E-state index contributed by atoms with van der Waals surface area (Å²) in [6.07, 6.45) is 5.28. The molecule has 1 atom stereocenters. The second-order valence-corrected chi connectivity index (χ2v) is 7.62. The van der Waals surface area contributed by atoms with Crippen molar-refractivity contribution >= 4 is 34.2 Å². The van der Waals surface area contributed by atoms with Gasteiger partial charge in [-0.2, -0.15) is 0 Å². The number of morpholine rings is 1. The normalized spacial score (nSPS) is 22.6. The molecule has 2 aliphatic rings. The molecule has 0 spiro atoms. The van der Waals surface area contributed by atoms with Crippen LogP contribution in [0.3, 0.4) is 0 Å². The summed E-state index contributed by atoms with van der Waals surface area (Å²) in [5, 5.41) is 6.51. The molecule has 24 heavy (non-hydrogen) atoms. The van der Waals surface area contributed by atoms with Crippen molar-refractivity contribution in [1.82, 2.24) is 10.6 Å². The number of carbonyl (C=O) groups is 1. The maximum Gasteiger partial charge on any atom is 0.221 e. The standard InChI is InChI=1S/C18H25BrN2O2.ClH/c19-15-5-3-14(4-6-15)18(7-1-2-8-18)13-21-17(22)11-16-12-23-10-9-20-16;/h3-6,16,20H,1-2,7-13H2,(H,21,22);1H. The van der Waals surface area contributed by atoms with Crippen LogP contribution in [0, 0.1) is 0 Å². The molecule has 1 heterocycles. The highest BCUT2D eigenvalue weighted by atomic mass is 79.9. The van der Waals surface area contributed by atoms with E-state index in [4.69, 9.17) is 4.74 Å². The second-order valence-electron chi connectivity index (χ2n) is 6.70. The van der Waals surface area contributed by atoms with E-state index in [1.807, 2.05) is 0 Å². The van der Waals surface area contributed by atoms with Crippen LogP contribution in [0.15, 0.2) is 28.7 Å². The van der Waals surface area contributed by atoms with Gasteiger partial charge in [-0.3, -0.25) is 4.79 Å². The summed E-state index contributed by atoms with van der Waals surface area (Å²) in [5.74, 6) is 0.122. The van der Waals surface area contributed by atoms with E-state index in [9.17, 15) is 4.79 Å². The van der Waals surface area contributed by atoms with Gasteiger partial charge in [-0.15, -0.1) is 12.4 Å². The highest BCUT2D eigenvalue weighted by Gasteiger charge is 2.36.